The largest absolute Gasteiger partial charge is 0.497 e. The summed E-state index contributed by atoms with van der Waals surface area (Å²) in [5.41, 5.74) is 8.63. The number of hydrogen-bond donors (Lipinski definition) is 1. The molecule has 0 saturated heterocycles. The lowest BCUT2D eigenvalue weighted by Gasteiger charge is -2.00. The second-order valence-electron chi connectivity index (χ2n) is 4.09. The van der Waals surface area contributed by atoms with E-state index in [0.717, 1.165) is 31.0 Å². The number of ether oxygens (including phenoxy) is 1. The van der Waals surface area contributed by atoms with Crippen LogP contribution in [0.4, 0.5) is 5.69 Å². The van der Waals surface area contributed by atoms with Crippen LogP contribution in [-0.2, 0) is 0 Å². The van der Waals surface area contributed by atoms with Crippen molar-refractivity contribution in [1.29, 1.82) is 0 Å². The van der Waals surface area contributed by atoms with Crippen molar-refractivity contribution >= 4 is 43.2 Å². The quantitative estimate of drug-likeness (QED) is 0.710. The summed E-state index contributed by atoms with van der Waals surface area (Å²) < 4.78 is 7.23. The van der Waals surface area contributed by atoms with Crippen molar-refractivity contribution < 1.29 is 4.74 Å². The van der Waals surface area contributed by atoms with E-state index in [4.69, 9.17) is 10.5 Å². The number of thiazole rings is 1. The van der Waals surface area contributed by atoms with Crippen LogP contribution in [0.2, 0.25) is 0 Å². The molecule has 0 spiro atoms. The topological polar surface area (TPSA) is 48.1 Å². The summed E-state index contributed by atoms with van der Waals surface area (Å²) in [5, 5.41) is 0.961. The predicted molar refractivity (Wildman–Crippen MR) is 83.7 cm³/mol. The highest BCUT2D eigenvalue weighted by Crippen LogP contribution is 2.34. The van der Waals surface area contributed by atoms with E-state index in [0.29, 0.717) is 5.69 Å². The second kappa shape index (κ2) is 4.83. The molecule has 0 unspecified atom stereocenters. The molecule has 19 heavy (non-hydrogen) atoms. The lowest BCUT2D eigenvalue weighted by molar-refractivity contribution is 0.415. The first-order valence-electron chi connectivity index (χ1n) is 5.67. The molecule has 2 aromatic carbocycles. The molecule has 3 rings (SSSR count). The normalized spacial score (nSPS) is 10.8. The minimum Gasteiger partial charge on any atom is -0.497 e. The number of nitrogens with zero attached hydrogens (tertiary/aromatic N) is 1. The van der Waals surface area contributed by atoms with Gasteiger partial charge in [-0.15, -0.1) is 11.3 Å². The summed E-state index contributed by atoms with van der Waals surface area (Å²) in [7, 11) is 1.67. The molecule has 96 valence electrons. The Balaban J connectivity index is 2.11. The zero-order valence-corrected chi connectivity index (χ0v) is 12.6. The van der Waals surface area contributed by atoms with Crippen molar-refractivity contribution in [2.24, 2.45) is 0 Å². The van der Waals surface area contributed by atoms with Gasteiger partial charge in [-0.05, 0) is 46.3 Å². The fourth-order valence-electron chi connectivity index (χ4n) is 1.83. The van der Waals surface area contributed by atoms with Gasteiger partial charge in [-0.3, -0.25) is 0 Å². The van der Waals surface area contributed by atoms with Crippen molar-refractivity contribution in [2.75, 3.05) is 12.8 Å². The van der Waals surface area contributed by atoms with Crippen LogP contribution in [0.25, 0.3) is 20.8 Å². The molecule has 0 saturated carbocycles. The Hall–Kier alpha value is -1.59. The highest BCUT2D eigenvalue weighted by atomic mass is 79.9. The van der Waals surface area contributed by atoms with E-state index in [1.165, 1.54) is 0 Å². The Kier molecular flexibility index (Phi) is 3.16. The van der Waals surface area contributed by atoms with Crippen molar-refractivity contribution in [3.8, 4) is 16.3 Å². The Morgan fingerprint density at radius 3 is 2.79 bits per heavy atom. The van der Waals surface area contributed by atoms with E-state index in [1.807, 2.05) is 36.4 Å². The maximum Gasteiger partial charge on any atom is 0.124 e. The number of halogens is 1. The highest BCUT2D eigenvalue weighted by Gasteiger charge is 2.08. The van der Waals surface area contributed by atoms with E-state index in [9.17, 15) is 0 Å². The first-order chi connectivity index (χ1) is 9.17. The van der Waals surface area contributed by atoms with Gasteiger partial charge in [-0.1, -0.05) is 6.07 Å². The molecule has 0 amide bonds. The maximum absolute atomic E-state index is 5.91. The van der Waals surface area contributed by atoms with Crippen LogP contribution in [-0.4, -0.2) is 12.1 Å². The van der Waals surface area contributed by atoms with Gasteiger partial charge in [-0.2, -0.15) is 0 Å². The van der Waals surface area contributed by atoms with Crippen molar-refractivity contribution in [3.05, 3.63) is 40.9 Å². The van der Waals surface area contributed by atoms with Gasteiger partial charge in [0.1, 0.15) is 10.8 Å². The number of fused-ring (bicyclic) bond motifs is 1. The first-order valence-corrected chi connectivity index (χ1v) is 7.28. The number of benzene rings is 2. The van der Waals surface area contributed by atoms with Crippen LogP contribution in [0.15, 0.2) is 40.9 Å². The monoisotopic (exact) mass is 334 g/mol. The minimum absolute atomic E-state index is 0.717. The van der Waals surface area contributed by atoms with E-state index < -0.39 is 0 Å². The van der Waals surface area contributed by atoms with Gasteiger partial charge in [0.2, 0.25) is 0 Å². The molecule has 0 radical (unpaired) electrons. The van der Waals surface area contributed by atoms with Crippen LogP contribution in [0.5, 0.6) is 5.75 Å². The molecule has 0 fully saturated rings. The van der Waals surface area contributed by atoms with Gasteiger partial charge in [-0.25, -0.2) is 4.98 Å². The molecule has 0 aliphatic carbocycles. The summed E-state index contributed by atoms with van der Waals surface area (Å²) in [6.07, 6.45) is 0. The molecule has 1 heterocycles. The Morgan fingerprint density at radius 2 is 2.05 bits per heavy atom. The Bertz CT molecular complexity index is 754. The standard InChI is InChI=1S/C14H11BrN2OS/c1-18-9-3-5-12-13(7-9)19-14(17-12)8-2-4-10(15)11(16)6-8/h2-7H,16H2,1H3. The average molecular weight is 335 g/mol. The smallest absolute Gasteiger partial charge is 0.124 e. The second-order valence-corrected chi connectivity index (χ2v) is 5.97. The maximum atomic E-state index is 5.91. The minimum atomic E-state index is 0.717. The fraction of sp³-hybridized carbons (Fsp3) is 0.0714. The van der Waals surface area contributed by atoms with E-state index >= 15 is 0 Å². The number of rotatable bonds is 2. The molecule has 0 aliphatic rings. The predicted octanol–water partition coefficient (Wildman–Crippen LogP) is 4.32. The molecular formula is C14H11BrN2OS. The molecule has 0 aliphatic heterocycles. The summed E-state index contributed by atoms with van der Waals surface area (Å²) >= 11 is 5.03. The highest BCUT2D eigenvalue weighted by molar-refractivity contribution is 9.10. The molecule has 0 bridgehead atoms. The third-order valence-electron chi connectivity index (χ3n) is 2.84. The summed E-state index contributed by atoms with van der Waals surface area (Å²) in [4.78, 5) is 4.62. The Labute approximate surface area is 123 Å². The number of aromatic nitrogens is 1. The van der Waals surface area contributed by atoms with Crippen molar-refractivity contribution in [3.63, 3.8) is 0 Å². The van der Waals surface area contributed by atoms with Gasteiger partial charge < -0.3 is 10.5 Å². The molecular weight excluding hydrogens is 324 g/mol. The number of nitrogen functional groups attached to an aromatic ring is 1. The number of anilines is 1. The van der Waals surface area contributed by atoms with E-state index in [2.05, 4.69) is 20.9 Å². The number of nitrogens with two attached hydrogens (primary N) is 1. The fourth-order valence-corrected chi connectivity index (χ4v) is 3.07. The van der Waals surface area contributed by atoms with Crippen LogP contribution in [0, 0.1) is 0 Å². The van der Waals surface area contributed by atoms with E-state index in [1.54, 1.807) is 18.4 Å². The first kappa shape index (κ1) is 12.4. The molecule has 1 aromatic heterocycles. The van der Waals surface area contributed by atoms with Gasteiger partial charge in [0.15, 0.2) is 0 Å². The SMILES string of the molecule is COc1ccc2nc(-c3ccc(Br)c(N)c3)sc2c1. The lowest BCUT2D eigenvalue weighted by Crippen LogP contribution is -1.87. The molecule has 2 N–H and O–H groups in total. The van der Waals surface area contributed by atoms with Crippen LogP contribution < -0.4 is 10.5 Å². The summed E-state index contributed by atoms with van der Waals surface area (Å²) in [6.45, 7) is 0. The summed E-state index contributed by atoms with van der Waals surface area (Å²) in [5.74, 6) is 0.845. The number of hydrogen-bond acceptors (Lipinski definition) is 4. The zero-order valence-electron chi connectivity index (χ0n) is 10.2. The zero-order chi connectivity index (χ0) is 13.4. The summed E-state index contributed by atoms with van der Waals surface area (Å²) in [6, 6.07) is 11.8. The molecule has 0 atom stereocenters. The third kappa shape index (κ3) is 2.31. The van der Waals surface area contributed by atoms with Gasteiger partial charge in [0.25, 0.3) is 0 Å². The van der Waals surface area contributed by atoms with Crippen LogP contribution in [0.3, 0.4) is 0 Å². The lowest BCUT2D eigenvalue weighted by atomic mass is 10.2. The molecule has 3 aromatic rings. The molecule has 5 heteroatoms. The van der Waals surface area contributed by atoms with Crippen molar-refractivity contribution in [2.45, 2.75) is 0 Å². The average Bonchev–Trinajstić information content (AvgIpc) is 2.84. The molecule has 3 nitrogen and oxygen atoms in total. The van der Waals surface area contributed by atoms with Crippen LogP contribution >= 0.6 is 27.3 Å². The van der Waals surface area contributed by atoms with Crippen molar-refractivity contribution in [1.82, 2.24) is 4.98 Å². The van der Waals surface area contributed by atoms with Gasteiger partial charge in [0.05, 0.1) is 17.3 Å². The van der Waals surface area contributed by atoms with Gasteiger partial charge in [0, 0.05) is 15.7 Å². The van der Waals surface area contributed by atoms with Crippen LogP contribution in [0.1, 0.15) is 0 Å². The van der Waals surface area contributed by atoms with E-state index in [-0.39, 0.29) is 0 Å². The van der Waals surface area contributed by atoms with Gasteiger partial charge >= 0.3 is 0 Å². The third-order valence-corrected chi connectivity index (χ3v) is 4.63. The number of methoxy groups -OCH3 is 1. The Morgan fingerprint density at radius 1 is 1.21 bits per heavy atom.